The standard InChI is InChI=1S/C24H21N5O4S2/c1-35(31,32)13-15-3-2-4-16(9-15)17-5-6-18-19(10-17)34-23(26-18)12-22-29-28-21(33-22)11-20(30)27-24(14-25)7-8-24/h2-6,9-10H,7-8,11-13H2,1H3,(H,27,30). The lowest BCUT2D eigenvalue weighted by Gasteiger charge is -2.06. The van der Waals surface area contributed by atoms with Gasteiger partial charge in [-0.25, -0.2) is 13.4 Å². The van der Waals surface area contributed by atoms with E-state index in [1.54, 1.807) is 0 Å². The molecule has 2 aromatic heterocycles. The van der Waals surface area contributed by atoms with Gasteiger partial charge in [0, 0.05) is 6.26 Å². The predicted molar refractivity (Wildman–Crippen MR) is 130 cm³/mol. The molecule has 0 atom stereocenters. The third kappa shape index (κ3) is 5.55. The summed E-state index contributed by atoms with van der Waals surface area (Å²) in [6.45, 7) is 0. The van der Waals surface area contributed by atoms with Gasteiger partial charge in [0.15, 0.2) is 9.84 Å². The summed E-state index contributed by atoms with van der Waals surface area (Å²) in [5.74, 6) is 0.249. The van der Waals surface area contributed by atoms with Crippen LogP contribution >= 0.6 is 11.3 Å². The lowest BCUT2D eigenvalue weighted by atomic mass is 10.0. The number of fused-ring (bicyclic) bond motifs is 1. The fourth-order valence-corrected chi connectivity index (χ4v) is 5.55. The normalized spacial score (nSPS) is 14.5. The van der Waals surface area contributed by atoms with E-state index < -0.39 is 15.4 Å². The van der Waals surface area contributed by atoms with Crippen molar-refractivity contribution in [1.82, 2.24) is 20.5 Å². The first-order valence-corrected chi connectivity index (χ1v) is 13.8. The summed E-state index contributed by atoms with van der Waals surface area (Å²) in [5, 5.41) is 20.6. The lowest BCUT2D eigenvalue weighted by Crippen LogP contribution is -2.36. The van der Waals surface area contributed by atoms with E-state index in [0.29, 0.717) is 25.2 Å². The van der Waals surface area contributed by atoms with Crippen LogP contribution in [0.3, 0.4) is 0 Å². The second-order valence-corrected chi connectivity index (χ2v) is 12.0. The van der Waals surface area contributed by atoms with Crippen molar-refractivity contribution in [3.05, 3.63) is 64.8 Å². The Morgan fingerprint density at radius 2 is 1.94 bits per heavy atom. The van der Waals surface area contributed by atoms with Crippen LogP contribution in [0.2, 0.25) is 0 Å². The Hall–Kier alpha value is -3.62. The van der Waals surface area contributed by atoms with Gasteiger partial charge in [0.25, 0.3) is 0 Å². The molecule has 1 N–H and O–H groups in total. The summed E-state index contributed by atoms with van der Waals surface area (Å²) < 4.78 is 29.9. The van der Waals surface area contributed by atoms with Gasteiger partial charge in [-0.2, -0.15) is 5.26 Å². The van der Waals surface area contributed by atoms with Crippen LogP contribution in [0, 0.1) is 11.3 Å². The van der Waals surface area contributed by atoms with Crippen LogP contribution in [0.15, 0.2) is 46.9 Å². The molecule has 1 aliphatic carbocycles. The van der Waals surface area contributed by atoms with Gasteiger partial charge in [-0.3, -0.25) is 4.79 Å². The van der Waals surface area contributed by atoms with Crippen molar-refractivity contribution < 1.29 is 17.6 Å². The second kappa shape index (κ2) is 8.87. The van der Waals surface area contributed by atoms with E-state index in [1.165, 1.54) is 17.6 Å². The van der Waals surface area contributed by atoms with E-state index in [9.17, 15) is 13.2 Å². The average Bonchev–Trinajstić information content (AvgIpc) is 3.23. The number of nitrogens with one attached hydrogen (secondary N) is 1. The van der Waals surface area contributed by atoms with Gasteiger partial charge in [-0.05, 0) is 41.7 Å². The molecule has 0 spiro atoms. The van der Waals surface area contributed by atoms with E-state index in [1.807, 2.05) is 42.5 Å². The van der Waals surface area contributed by atoms with E-state index in [0.717, 1.165) is 31.9 Å². The monoisotopic (exact) mass is 507 g/mol. The van der Waals surface area contributed by atoms with Gasteiger partial charge in [-0.1, -0.05) is 30.3 Å². The molecule has 0 bridgehead atoms. The minimum atomic E-state index is -3.11. The molecule has 178 valence electrons. The highest BCUT2D eigenvalue weighted by Gasteiger charge is 2.44. The molecule has 4 aromatic rings. The van der Waals surface area contributed by atoms with Crippen LogP contribution in [-0.2, 0) is 33.2 Å². The Kier molecular flexibility index (Phi) is 5.86. The van der Waals surface area contributed by atoms with Crippen molar-refractivity contribution >= 4 is 37.3 Å². The van der Waals surface area contributed by atoms with Crippen LogP contribution in [0.1, 0.15) is 35.2 Å². The first kappa shape index (κ1) is 23.1. The number of thiazole rings is 1. The second-order valence-electron chi connectivity index (χ2n) is 8.75. The molecule has 1 amide bonds. The van der Waals surface area contributed by atoms with Crippen molar-refractivity contribution in [3.8, 4) is 17.2 Å². The molecule has 2 aromatic carbocycles. The average molecular weight is 508 g/mol. The predicted octanol–water partition coefficient (Wildman–Crippen LogP) is 3.20. The van der Waals surface area contributed by atoms with Gasteiger partial charge in [0.2, 0.25) is 17.7 Å². The third-order valence-electron chi connectivity index (χ3n) is 5.59. The Balaban J connectivity index is 1.28. The molecule has 5 rings (SSSR count). The highest BCUT2D eigenvalue weighted by Crippen LogP contribution is 2.34. The zero-order valence-corrected chi connectivity index (χ0v) is 20.4. The lowest BCUT2D eigenvalue weighted by molar-refractivity contribution is -0.121. The molecule has 0 saturated heterocycles. The van der Waals surface area contributed by atoms with E-state index in [4.69, 9.17) is 9.68 Å². The van der Waals surface area contributed by atoms with Crippen LogP contribution in [0.25, 0.3) is 21.3 Å². The molecular weight excluding hydrogens is 486 g/mol. The first-order valence-electron chi connectivity index (χ1n) is 10.9. The number of hydrogen-bond acceptors (Lipinski definition) is 9. The number of carbonyl (C=O) groups is 1. The molecule has 0 radical (unpaired) electrons. The van der Waals surface area contributed by atoms with E-state index >= 15 is 0 Å². The number of sulfone groups is 1. The minimum Gasteiger partial charge on any atom is -0.424 e. The first-order chi connectivity index (χ1) is 16.7. The third-order valence-corrected chi connectivity index (χ3v) is 7.46. The summed E-state index contributed by atoms with van der Waals surface area (Å²) in [6, 6.07) is 15.5. The van der Waals surface area contributed by atoms with Crippen LogP contribution in [-0.4, -0.2) is 41.3 Å². The summed E-state index contributed by atoms with van der Waals surface area (Å²) >= 11 is 1.51. The summed E-state index contributed by atoms with van der Waals surface area (Å²) in [5.41, 5.74) is 2.77. The van der Waals surface area contributed by atoms with Crippen molar-refractivity contribution in [2.45, 2.75) is 37.0 Å². The van der Waals surface area contributed by atoms with Gasteiger partial charge < -0.3 is 9.73 Å². The van der Waals surface area contributed by atoms with Crippen LogP contribution < -0.4 is 5.32 Å². The maximum atomic E-state index is 12.1. The molecule has 0 aliphatic heterocycles. The molecule has 1 fully saturated rings. The number of hydrogen-bond donors (Lipinski definition) is 1. The molecule has 9 nitrogen and oxygen atoms in total. The number of amides is 1. The zero-order valence-electron chi connectivity index (χ0n) is 18.8. The highest BCUT2D eigenvalue weighted by molar-refractivity contribution is 7.89. The maximum Gasteiger partial charge on any atom is 0.230 e. The summed E-state index contributed by atoms with van der Waals surface area (Å²) in [7, 11) is -3.11. The van der Waals surface area contributed by atoms with Crippen molar-refractivity contribution in [2.24, 2.45) is 0 Å². The van der Waals surface area contributed by atoms with Crippen LogP contribution in [0.4, 0.5) is 0 Å². The molecule has 35 heavy (non-hydrogen) atoms. The Morgan fingerprint density at radius 3 is 2.69 bits per heavy atom. The van der Waals surface area contributed by atoms with E-state index in [-0.39, 0.29) is 24.0 Å². The maximum absolute atomic E-state index is 12.1. The molecular formula is C24H21N5O4S2. The highest BCUT2D eigenvalue weighted by atomic mass is 32.2. The quantitative estimate of drug-likeness (QED) is 0.384. The molecule has 11 heteroatoms. The largest absolute Gasteiger partial charge is 0.424 e. The number of nitrogens with zero attached hydrogens (tertiary/aromatic N) is 4. The van der Waals surface area contributed by atoms with E-state index in [2.05, 4.69) is 26.6 Å². The Labute approximate surface area is 205 Å². The zero-order chi connectivity index (χ0) is 24.6. The fraction of sp³-hybridized carbons (Fsp3) is 0.292. The number of rotatable bonds is 8. The Bertz CT molecular complexity index is 1580. The van der Waals surface area contributed by atoms with Gasteiger partial charge in [0.05, 0.1) is 28.5 Å². The molecule has 0 unspecified atom stereocenters. The van der Waals surface area contributed by atoms with Crippen LogP contribution in [0.5, 0.6) is 0 Å². The number of carbonyl (C=O) groups excluding carboxylic acids is 1. The topological polar surface area (TPSA) is 139 Å². The smallest absolute Gasteiger partial charge is 0.230 e. The number of aromatic nitrogens is 3. The SMILES string of the molecule is CS(=O)(=O)Cc1cccc(-c2ccc3nc(Cc4nnc(CC(=O)NC5(C#N)CC5)o4)sc3c2)c1. The fourth-order valence-electron chi connectivity index (χ4n) is 3.77. The number of benzene rings is 2. The minimum absolute atomic E-state index is 0.000810. The molecule has 1 saturated carbocycles. The van der Waals surface area contributed by atoms with Gasteiger partial charge >= 0.3 is 0 Å². The number of nitriles is 1. The molecule has 2 heterocycles. The van der Waals surface area contributed by atoms with Crippen molar-refractivity contribution in [1.29, 1.82) is 5.26 Å². The summed E-state index contributed by atoms with van der Waals surface area (Å²) in [4.78, 5) is 16.8. The van der Waals surface area contributed by atoms with Gasteiger partial charge in [0.1, 0.15) is 17.0 Å². The summed E-state index contributed by atoms with van der Waals surface area (Å²) in [6.07, 6.45) is 2.82. The van der Waals surface area contributed by atoms with Crippen molar-refractivity contribution in [2.75, 3.05) is 6.26 Å². The molecule has 1 aliphatic rings. The Morgan fingerprint density at radius 1 is 1.17 bits per heavy atom. The van der Waals surface area contributed by atoms with Crippen molar-refractivity contribution in [3.63, 3.8) is 0 Å². The van der Waals surface area contributed by atoms with Gasteiger partial charge in [-0.15, -0.1) is 21.5 Å².